The molecule has 1 fully saturated rings. The van der Waals surface area contributed by atoms with E-state index in [9.17, 15) is 4.79 Å². The molecule has 1 saturated carbocycles. The molecule has 1 aliphatic carbocycles. The highest BCUT2D eigenvalue weighted by Crippen LogP contribution is 2.23. The number of hydrogen-bond donors (Lipinski definition) is 1. The Kier molecular flexibility index (Phi) is 6.02. The van der Waals surface area contributed by atoms with Crippen LogP contribution in [0.4, 0.5) is 0 Å². The number of nitrogens with one attached hydrogen (secondary N) is 1. The summed E-state index contributed by atoms with van der Waals surface area (Å²) in [4.78, 5) is 17.6. The number of aryl methyl sites for hydroxylation is 2. The molecule has 4 heteroatoms. The van der Waals surface area contributed by atoms with Gasteiger partial charge in [0.1, 0.15) is 4.88 Å². The van der Waals surface area contributed by atoms with E-state index < -0.39 is 0 Å². The summed E-state index contributed by atoms with van der Waals surface area (Å²) in [6.07, 6.45) is 9.85. The Bertz CT molecular complexity index is 436. The third kappa shape index (κ3) is 4.30. The second-order valence-electron chi connectivity index (χ2n) is 5.84. The maximum absolute atomic E-state index is 12.3. The molecule has 0 aliphatic heterocycles. The number of aromatic nitrogens is 1. The fourth-order valence-electron chi connectivity index (χ4n) is 2.81. The average Bonchev–Trinajstić information content (AvgIpc) is 2.85. The number of nitrogens with zero attached hydrogens (tertiary/aromatic N) is 1. The number of thiazole rings is 1. The summed E-state index contributed by atoms with van der Waals surface area (Å²) in [6.45, 7) is 4.96. The van der Waals surface area contributed by atoms with E-state index in [-0.39, 0.29) is 5.91 Å². The van der Waals surface area contributed by atoms with Gasteiger partial charge in [-0.3, -0.25) is 4.79 Å². The van der Waals surface area contributed by atoms with E-state index in [0.29, 0.717) is 5.92 Å². The fourth-order valence-corrected chi connectivity index (χ4v) is 3.83. The van der Waals surface area contributed by atoms with E-state index >= 15 is 0 Å². The Morgan fingerprint density at radius 2 is 2.10 bits per heavy atom. The van der Waals surface area contributed by atoms with E-state index in [0.717, 1.165) is 35.0 Å². The molecule has 0 radical (unpaired) electrons. The van der Waals surface area contributed by atoms with E-state index in [2.05, 4.69) is 17.2 Å². The second kappa shape index (κ2) is 7.77. The van der Waals surface area contributed by atoms with E-state index in [1.54, 1.807) is 11.3 Å². The molecule has 1 N–H and O–H groups in total. The number of rotatable bonds is 6. The lowest BCUT2D eigenvalue weighted by molar-refractivity contribution is 0.0947. The van der Waals surface area contributed by atoms with Gasteiger partial charge < -0.3 is 5.32 Å². The molecule has 1 aromatic rings. The van der Waals surface area contributed by atoms with Gasteiger partial charge in [0.2, 0.25) is 0 Å². The number of hydrogen-bond acceptors (Lipinski definition) is 3. The van der Waals surface area contributed by atoms with E-state index in [4.69, 9.17) is 0 Å². The molecule has 0 spiro atoms. The van der Waals surface area contributed by atoms with Gasteiger partial charge in [0, 0.05) is 6.54 Å². The predicted molar refractivity (Wildman–Crippen MR) is 84.4 cm³/mol. The summed E-state index contributed by atoms with van der Waals surface area (Å²) in [5.74, 6) is 0.758. The SMILES string of the molecule is CCCCc1nc(C)c(C(=O)NCC2CCCCC2)s1. The van der Waals surface area contributed by atoms with Crippen molar-refractivity contribution in [2.75, 3.05) is 6.54 Å². The Hall–Kier alpha value is -0.900. The Morgan fingerprint density at radius 3 is 2.80 bits per heavy atom. The zero-order valence-electron chi connectivity index (χ0n) is 12.7. The zero-order chi connectivity index (χ0) is 14.4. The molecule has 1 aromatic heterocycles. The van der Waals surface area contributed by atoms with Crippen LogP contribution in [0.5, 0.6) is 0 Å². The summed E-state index contributed by atoms with van der Waals surface area (Å²) in [5.41, 5.74) is 0.891. The van der Waals surface area contributed by atoms with Crippen LogP contribution in [0.1, 0.15) is 72.2 Å². The first-order valence-corrected chi connectivity index (χ1v) is 8.77. The first kappa shape index (κ1) is 15.5. The van der Waals surface area contributed by atoms with Crippen LogP contribution in [-0.4, -0.2) is 17.4 Å². The van der Waals surface area contributed by atoms with Gasteiger partial charge in [0.05, 0.1) is 10.7 Å². The van der Waals surface area contributed by atoms with Crippen molar-refractivity contribution < 1.29 is 4.79 Å². The molecule has 1 heterocycles. The molecule has 3 nitrogen and oxygen atoms in total. The second-order valence-corrected chi connectivity index (χ2v) is 6.92. The zero-order valence-corrected chi connectivity index (χ0v) is 13.5. The van der Waals surface area contributed by atoms with Crippen molar-refractivity contribution in [3.05, 3.63) is 15.6 Å². The minimum absolute atomic E-state index is 0.0771. The highest BCUT2D eigenvalue weighted by Gasteiger charge is 2.18. The van der Waals surface area contributed by atoms with Crippen LogP contribution in [0, 0.1) is 12.8 Å². The normalized spacial score (nSPS) is 16.3. The topological polar surface area (TPSA) is 42.0 Å². The molecule has 112 valence electrons. The number of amides is 1. The van der Waals surface area contributed by atoms with Crippen LogP contribution in [0.15, 0.2) is 0 Å². The van der Waals surface area contributed by atoms with Gasteiger partial charge in [-0.15, -0.1) is 11.3 Å². The van der Waals surface area contributed by atoms with Gasteiger partial charge in [0.25, 0.3) is 5.91 Å². The van der Waals surface area contributed by atoms with Gasteiger partial charge >= 0.3 is 0 Å². The van der Waals surface area contributed by atoms with Crippen molar-refractivity contribution in [3.63, 3.8) is 0 Å². The van der Waals surface area contributed by atoms with Crippen molar-refractivity contribution in [2.24, 2.45) is 5.92 Å². The molecule has 20 heavy (non-hydrogen) atoms. The van der Waals surface area contributed by atoms with Crippen molar-refractivity contribution in [1.82, 2.24) is 10.3 Å². The van der Waals surface area contributed by atoms with Crippen LogP contribution >= 0.6 is 11.3 Å². The van der Waals surface area contributed by atoms with Crippen LogP contribution in [0.3, 0.4) is 0 Å². The summed E-state index contributed by atoms with van der Waals surface area (Å²) in [6, 6.07) is 0. The molecule has 2 rings (SSSR count). The fraction of sp³-hybridized carbons (Fsp3) is 0.750. The lowest BCUT2D eigenvalue weighted by Crippen LogP contribution is -2.30. The van der Waals surface area contributed by atoms with Gasteiger partial charge in [0.15, 0.2) is 0 Å². The third-order valence-electron chi connectivity index (χ3n) is 4.07. The van der Waals surface area contributed by atoms with E-state index in [1.807, 2.05) is 6.92 Å². The maximum Gasteiger partial charge on any atom is 0.263 e. The maximum atomic E-state index is 12.3. The van der Waals surface area contributed by atoms with Crippen molar-refractivity contribution >= 4 is 17.2 Å². The van der Waals surface area contributed by atoms with Gasteiger partial charge in [-0.05, 0) is 38.5 Å². The Morgan fingerprint density at radius 1 is 1.35 bits per heavy atom. The quantitative estimate of drug-likeness (QED) is 0.858. The summed E-state index contributed by atoms with van der Waals surface area (Å²) in [7, 11) is 0. The standard InChI is InChI=1S/C16H26N2OS/c1-3-4-10-14-18-12(2)15(20-14)16(19)17-11-13-8-6-5-7-9-13/h13H,3-11H2,1-2H3,(H,17,19). The summed E-state index contributed by atoms with van der Waals surface area (Å²) < 4.78 is 0. The minimum Gasteiger partial charge on any atom is -0.351 e. The predicted octanol–water partition coefficient (Wildman–Crippen LogP) is 4.10. The highest BCUT2D eigenvalue weighted by atomic mass is 32.1. The average molecular weight is 294 g/mol. The van der Waals surface area contributed by atoms with Gasteiger partial charge in [-0.1, -0.05) is 32.6 Å². The number of carbonyl (C=O) groups is 1. The highest BCUT2D eigenvalue weighted by molar-refractivity contribution is 7.13. The first-order chi connectivity index (χ1) is 9.70. The lowest BCUT2D eigenvalue weighted by atomic mass is 9.89. The van der Waals surface area contributed by atoms with Crippen molar-refractivity contribution in [2.45, 2.75) is 65.2 Å². The number of carbonyl (C=O) groups excluding carboxylic acids is 1. The first-order valence-electron chi connectivity index (χ1n) is 7.95. The molecule has 0 bridgehead atoms. The monoisotopic (exact) mass is 294 g/mol. The number of unbranched alkanes of at least 4 members (excludes halogenated alkanes) is 1. The molecular formula is C16H26N2OS. The molecule has 0 unspecified atom stereocenters. The molecule has 0 saturated heterocycles. The van der Waals surface area contributed by atoms with Crippen LogP contribution in [0.2, 0.25) is 0 Å². The summed E-state index contributed by atoms with van der Waals surface area (Å²) in [5, 5.41) is 4.21. The Balaban J connectivity index is 1.86. The van der Waals surface area contributed by atoms with Crippen molar-refractivity contribution in [1.29, 1.82) is 0 Å². The molecular weight excluding hydrogens is 268 g/mol. The van der Waals surface area contributed by atoms with Crippen molar-refractivity contribution in [3.8, 4) is 0 Å². The van der Waals surface area contributed by atoms with E-state index in [1.165, 1.54) is 38.5 Å². The van der Waals surface area contributed by atoms with Gasteiger partial charge in [-0.25, -0.2) is 4.98 Å². The molecule has 1 amide bonds. The van der Waals surface area contributed by atoms with Crippen LogP contribution in [-0.2, 0) is 6.42 Å². The molecule has 0 atom stereocenters. The van der Waals surface area contributed by atoms with Crippen LogP contribution < -0.4 is 5.32 Å². The van der Waals surface area contributed by atoms with Gasteiger partial charge in [-0.2, -0.15) is 0 Å². The third-order valence-corrected chi connectivity index (χ3v) is 5.28. The molecule has 0 aromatic carbocycles. The van der Waals surface area contributed by atoms with Crippen LogP contribution in [0.25, 0.3) is 0 Å². The smallest absolute Gasteiger partial charge is 0.263 e. The molecule has 1 aliphatic rings. The minimum atomic E-state index is 0.0771. The Labute approximate surface area is 126 Å². The summed E-state index contributed by atoms with van der Waals surface area (Å²) >= 11 is 1.57. The lowest BCUT2D eigenvalue weighted by Gasteiger charge is -2.21. The largest absolute Gasteiger partial charge is 0.351 e.